The van der Waals surface area contributed by atoms with Crippen LogP contribution < -0.4 is 0 Å². The lowest BCUT2D eigenvalue weighted by Gasteiger charge is -2.09. The predicted molar refractivity (Wildman–Crippen MR) is 51.8 cm³/mol. The molecule has 6 heteroatoms. The van der Waals surface area contributed by atoms with E-state index in [1.807, 2.05) is 0 Å². The van der Waals surface area contributed by atoms with E-state index in [9.17, 15) is 17.6 Å². The lowest BCUT2D eigenvalue weighted by atomic mass is 10.2. The Kier molecular flexibility index (Phi) is 3.21. The Balaban J connectivity index is 3.35. The summed E-state index contributed by atoms with van der Waals surface area (Å²) in [6, 6.07) is 1.93. The van der Waals surface area contributed by atoms with Crippen LogP contribution in [0.25, 0.3) is 0 Å². The van der Waals surface area contributed by atoms with Crippen LogP contribution in [0.5, 0.6) is 0 Å². The van der Waals surface area contributed by atoms with Crippen LogP contribution in [0.2, 0.25) is 0 Å². The van der Waals surface area contributed by atoms with E-state index < -0.39 is 17.6 Å². The molecular formula is C7H2BrF4I. The van der Waals surface area contributed by atoms with Crippen molar-refractivity contribution in [3.05, 3.63) is 31.6 Å². The Hall–Kier alpha value is 0.150. The Morgan fingerprint density at radius 2 is 1.77 bits per heavy atom. The van der Waals surface area contributed by atoms with Crippen LogP contribution in [0.3, 0.4) is 0 Å². The molecule has 0 aromatic heterocycles. The van der Waals surface area contributed by atoms with Crippen LogP contribution in [0.15, 0.2) is 16.6 Å². The van der Waals surface area contributed by atoms with Gasteiger partial charge in [0.2, 0.25) is 0 Å². The van der Waals surface area contributed by atoms with Gasteiger partial charge in [0, 0.05) is 3.57 Å². The van der Waals surface area contributed by atoms with Gasteiger partial charge in [-0.1, -0.05) is 0 Å². The smallest absolute Gasteiger partial charge is 0.205 e. The number of halogens is 6. The highest BCUT2D eigenvalue weighted by atomic mass is 127. The highest BCUT2D eigenvalue weighted by Crippen LogP contribution is 2.35. The number of hydrogen-bond acceptors (Lipinski definition) is 0. The minimum absolute atomic E-state index is 0.150. The van der Waals surface area contributed by atoms with Crippen LogP contribution >= 0.6 is 38.5 Å². The van der Waals surface area contributed by atoms with Gasteiger partial charge in [-0.3, -0.25) is 0 Å². The van der Waals surface area contributed by atoms with E-state index in [0.717, 1.165) is 6.07 Å². The molecule has 72 valence electrons. The Labute approximate surface area is 93.6 Å². The molecule has 0 fully saturated rings. The van der Waals surface area contributed by atoms with Crippen molar-refractivity contribution in [1.29, 1.82) is 0 Å². The normalized spacial score (nSPS) is 11.8. The fraction of sp³-hybridized carbons (Fsp3) is 0.143. The largest absolute Gasteiger partial charge is 0.419 e. The molecule has 0 aliphatic carbocycles. The van der Waals surface area contributed by atoms with E-state index >= 15 is 0 Å². The molecule has 0 saturated carbocycles. The summed E-state index contributed by atoms with van der Waals surface area (Å²) in [6.45, 7) is 0. The molecule has 1 rings (SSSR count). The quantitative estimate of drug-likeness (QED) is 0.365. The fourth-order valence-electron chi connectivity index (χ4n) is 0.745. The number of alkyl halides is 3. The van der Waals surface area contributed by atoms with Crippen molar-refractivity contribution >= 4 is 38.5 Å². The standard InChI is InChI=1S/C7H2BrF4I/c8-5-4(13)2-1-3(6(5)9)7(10,11)12/h1-2H. The third-order valence-corrected chi connectivity index (χ3v) is 3.76. The second kappa shape index (κ2) is 3.72. The van der Waals surface area contributed by atoms with Crippen molar-refractivity contribution in [2.24, 2.45) is 0 Å². The van der Waals surface area contributed by atoms with Gasteiger partial charge in [-0.25, -0.2) is 4.39 Å². The first-order valence-corrected chi connectivity index (χ1v) is 4.92. The third-order valence-electron chi connectivity index (χ3n) is 1.34. The third kappa shape index (κ3) is 2.34. The summed E-state index contributed by atoms with van der Waals surface area (Å²) in [5, 5.41) is 0. The minimum Gasteiger partial charge on any atom is -0.205 e. The molecule has 0 heterocycles. The summed E-state index contributed by atoms with van der Waals surface area (Å²) in [4.78, 5) is 0. The molecule has 0 nitrogen and oxygen atoms in total. The van der Waals surface area contributed by atoms with Crippen LogP contribution in [-0.2, 0) is 6.18 Å². The summed E-state index contributed by atoms with van der Waals surface area (Å²) in [7, 11) is 0. The topological polar surface area (TPSA) is 0 Å². The molecule has 0 bridgehead atoms. The van der Waals surface area contributed by atoms with Crippen molar-refractivity contribution in [3.8, 4) is 0 Å². The first-order valence-electron chi connectivity index (χ1n) is 3.04. The van der Waals surface area contributed by atoms with Gasteiger partial charge in [0.15, 0.2) is 5.82 Å². The first kappa shape index (κ1) is 11.2. The number of hydrogen-bond donors (Lipinski definition) is 0. The molecule has 0 N–H and O–H groups in total. The van der Waals surface area contributed by atoms with Crippen LogP contribution in [0, 0.1) is 9.39 Å². The summed E-state index contributed by atoms with van der Waals surface area (Å²) in [5.41, 5.74) is -1.25. The Bertz CT molecular complexity index is 334. The van der Waals surface area contributed by atoms with Crippen LogP contribution in [0.1, 0.15) is 5.56 Å². The Morgan fingerprint density at radius 1 is 1.23 bits per heavy atom. The molecular weight excluding hydrogens is 367 g/mol. The zero-order valence-electron chi connectivity index (χ0n) is 5.92. The maximum absolute atomic E-state index is 13.0. The van der Waals surface area contributed by atoms with Gasteiger partial charge in [-0.05, 0) is 50.7 Å². The lowest BCUT2D eigenvalue weighted by Crippen LogP contribution is -2.08. The summed E-state index contributed by atoms with van der Waals surface area (Å²) in [6.07, 6.45) is -4.64. The monoisotopic (exact) mass is 368 g/mol. The Morgan fingerprint density at radius 3 is 2.23 bits per heavy atom. The summed E-state index contributed by atoms with van der Waals surface area (Å²) in [5.74, 6) is -1.26. The maximum Gasteiger partial charge on any atom is 0.419 e. The van der Waals surface area contributed by atoms with Crippen molar-refractivity contribution in [2.75, 3.05) is 0 Å². The molecule has 0 unspecified atom stereocenters. The molecule has 1 aromatic carbocycles. The zero-order valence-corrected chi connectivity index (χ0v) is 9.67. The van der Waals surface area contributed by atoms with Gasteiger partial charge < -0.3 is 0 Å². The molecule has 0 radical (unpaired) electrons. The van der Waals surface area contributed by atoms with E-state index in [-0.39, 0.29) is 4.47 Å². The number of rotatable bonds is 0. The maximum atomic E-state index is 13.0. The molecule has 0 spiro atoms. The van der Waals surface area contributed by atoms with E-state index in [1.165, 1.54) is 6.07 Å². The molecule has 0 atom stereocenters. The minimum atomic E-state index is -4.64. The molecule has 0 aliphatic rings. The van der Waals surface area contributed by atoms with E-state index in [1.54, 1.807) is 22.6 Å². The van der Waals surface area contributed by atoms with Crippen LogP contribution in [-0.4, -0.2) is 0 Å². The van der Waals surface area contributed by atoms with Crippen LogP contribution in [0.4, 0.5) is 17.6 Å². The average molecular weight is 369 g/mol. The highest BCUT2D eigenvalue weighted by molar-refractivity contribution is 14.1. The zero-order chi connectivity index (χ0) is 10.2. The van der Waals surface area contributed by atoms with Crippen molar-refractivity contribution < 1.29 is 17.6 Å². The average Bonchev–Trinajstić information content (AvgIpc) is 1.98. The van der Waals surface area contributed by atoms with E-state index in [2.05, 4.69) is 15.9 Å². The fourth-order valence-corrected chi connectivity index (χ4v) is 1.51. The second-order valence-corrected chi connectivity index (χ2v) is 4.18. The van der Waals surface area contributed by atoms with E-state index in [0.29, 0.717) is 3.57 Å². The van der Waals surface area contributed by atoms with Gasteiger partial charge in [-0.15, -0.1) is 0 Å². The van der Waals surface area contributed by atoms with Crippen molar-refractivity contribution in [1.82, 2.24) is 0 Å². The van der Waals surface area contributed by atoms with Gasteiger partial charge in [0.25, 0.3) is 0 Å². The molecule has 1 aromatic rings. The molecule has 0 saturated heterocycles. The second-order valence-electron chi connectivity index (χ2n) is 2.22. The molecule has 0 amide bonds. The molecule has 0 aliphatic heterocycles. The molecule has 13 heavy (non-hydrogen) atoms. The van der Waals surface area contributed by atoms with E-state index in [4.69, 9.17) is 0 Å². The van der Waals surface area contributed by atoms with Gasteiger partial charge in [-0.2, -0.15) is 13.2 Å². The first-order chi connectivity index (χ1) is 5.84. The van der Waals surface area contributed by atoms with Gasteiger partial charge >= 0.3 is 6.18 Å². The lowest BCUT2D eigenvalue weighted by molar-refractivity contribution is -0.140. The summed E-state index contributed by atoms with van der Waals surface area (Å²) >= 11 is 4.48. The SMILES string of the molecule is Fc1c(C(F)(F)F)ccc(I)c1Br. The number of benzene rings is 1. The predicted octanol–water partition coefficient (Wildman–Crippen LogP) is 4.21. The van der Waals surface area contributed by atoms with Crippen molar-refractivity contribution in [2.45, 2.75) is 6.18 Å². The van der Waals surface area contributed by atoms with Gasteiger partial charge in [0.05, 0.1) is 10.0 Å². The van der Waals surface area contributed by atoms with Crippen molar-refractivity contribution in [3.63, 3.8) is 0 Å². The summed E-state index contributed by atoms with van der Waals surface area (Å²) < 4.78 is 49.5. The van der Waals surface area contributed by atoms with Gasteiger partial charge in [0.1, 0.15) is 0 Å². The highest BCUT2D eigenvalue weighted by Gasteiger charge is 2.35.